The number of amides is 1. The lowest BCUT2D eigenvalue weighted by Gasteiger charge is -2.20. The zero-order valence-electron chi connectivity index (χ0n) is 11.1. The van der Waals surface area contributed by atoms with E-state index in [2.05, 4.69) is 4.74 Å². The van der Waals surface area contributed by atoms with E-state index in [-0.39, 0.29) is 24.5 Å². The molecule has 0 fully saturated rings. The van der Waals surface area contributed by atoms with Crippen molar-refractivity contribution in [2.75, 3.05) is 20.2 Å². The molecule has 1 amide bonds. The molecule has 0 aromatic carbocycles. The highest BCUT2D eigenvalue weighted by Gasteiger charge is 2.16. The van der Waals surface area contributed by atoms with Gasteiger partial charge in [0.2, 0.25) is 5.91 Å². The third-order valence-electron chi connectivity index (χ3n) is 2.44. The van der Waals surface area contributed by atoms with Gasteiger partial charge in [-0.3, -0.25) is 9.59 Å². The van der Waals surface area contributed by atoms with Crippen LogP contribution in [0.1, 0.15) is 39.5 Å². The van der Waals surface area contributed by atoms with Crippen LogP contribution in [-0.2, 0) is 14.3 Å². The SMILES string of the molecule is CCCN(CC(=O)OC)C(=O)CCCC(C)N. The average Bonchev–Trinajstić information content (AvgIpc) is 2.27. The Morgan fingerprint density at radius 3 is 2.53 bits per heavy atom. The first-order chi connectivity index (χ1) is 8.01. The summed E-state index contributed by atoms with van der Waals surface area (Å²) in [6, 6.07) is 0.114. The molecule has 0 saturated heterocycles. The Bertz CT molecular complexity index is 242. The molecule has 0 heterocycles. The fourth-order valence-electron chi connectivity index (χ4n) is 1.52. The maximum Gasteiger partial charge on any atom is 0.325 e. The molecule has 0 rings (SSSR count). The van der Waals surface area contributed by atoms with Crippen LogP contribution < -0.4 is 5.73 Å². The number of nitrogens with two attached hydrogens (primary N) is 1. The molecule has 0 aromatic rings. The minimum absolute atomic E-state index is 0.00194. The van der Waals surface area contributed by atoms with Crippen LogP contribution in [0.25, 0.3) is 0 Å². The molecule has 1 unspecified atom stereocenters. The van der Waals surface area contributed by atoms with Crippen LogP contribution in [-0.4, -0.2) is 43.0 Å². The van der Waals surface area contributed by atoms with Crippen molar-refractivity contribution in [2.45, 2.75) is 45.6 Å². The number of hydrogen-bond acceptors (Lipinski definition) is 4. The van der Waals surface area contributed by atoms with E-state index in [1.165, 1.54) is 7.11 Å². The number of methoxy groups -OCH3 is 1. The lowest BCUT2D eigenvalue weighted by atomic mass is 10.1. The van der Waals surface area contributed by atoms with E-state index in [1.807, 2.05) is 13.8 Å². The number of carbonyl (C=O) groups is 2. The number of rotatable bonds is 8. The van der Waals surface area contributed by atoms with Gasteiger partial charge in [-0.25, -0.2) is 0 Å². The van der Waals surface area contributed by atoms with E-state index in [0.29, 0.717) is 13.0 Å². The Morgan fingerprint density at radius 2 is 2.06 bits per heavy atom. The summed E-state index contributed by atoms with van der Waals surface area (Å²) in [4.78, 5) is 24.5. The van der Waals surface area contributed by atoms with E-state index >= 15 is 0 Å². The summed E-state index contributed by atoms with van der Waals surface area (Å²) in [6.45, 7) is 4.52. The van der Waals surface area contributed by atoms with Crippen molar-refractivity contribution in [3.63, 3.8) is 0 Å². The molecule has 17 heavy (non-hydrogen) atoms. The highest BCUT2D eigenvalue weighted by Crippen LogP contribution is 2.04. The summed E-state index contributed by atoms with van der Waals surface area (Å²) in [5.74, 6) is -0.378. The van der Waals surface area contributed by atoms with Crippen LogP contribution >= 0.6 is 0 Å². The van der Waals surface area contributed by atoms with Gasteiger partial charge in [0.05, 0.1) is 7.11 Å². The molecule has 0 saturated carbocycles. The molecule has 0 radical (unpaired) electrons. The third kappa shape index (κ3) is 7.74. The largest absolute Gasteiger partial charge is 0.468 e. The highest BCUT2D eigenvalue weighted by molar-refractivity contribution is 5.81. The molecule has 5 nitrogen and oxygen atoms in total. The Hall–Kier alpha value is -1.10. The predicted octanol–water partition coefficient (Wildman–Crippen LogP) is 0.915. The van der Waals surface area contributed by atoms with Crippen LogP contribution in [0.2, 0.25) is 0 Å². The molecule has 0 spiro atoms. The quantitative estimate of drug-likeness (QED) is 0.644. The van der Waals surface area contributed by atoms with Crippen molar-refractivity contribution >= 4 is 11.9 Å². The molecule has 0 bridgehead atoms. The summed E-state index contributed by atoms with van der Waals surface area (Å²) < 4.78 is 4.57. The standard InChI is InChI=1S/C12H24N2O3/c1-4-8-14(9-12(16)17-3)11(15)7-5-6-10(2)13/h10H,4-9,13H2,1-3H3. The fraction of sp³-hybridized carbons (Fsp3) is 0.833. The summed E-state index contributed by atoms with van der Waals surface area (Å²) in [5, 5.41) is 0. The van der Waals surface area contributed by atoms with E-state index in [4.69, 9.17) is 5.73 Å². The van der Waals surface area contributed by atoms with Crippen molar-refractivity contribution in [1.29, 1.82) is 0 Å². The molecule has 0 aliphatic heterocycles. The Kier molecular flexibility index (Phi) is 8.40. The lowest BCUT2D eigenvalue weighted by molar-refractivity contribution is -0.147. The van der Waals surface area contributed by atoms with Crippen LogP contribution in [0.3, 0.4) is 0 Å². The Morgan fingerprint density at radius 1 is 1.41 bits per heavy atom. The zero-order chi connectivity index (χ0) is 13.3. The van der Waals surface area contributed by atoms with Crippen LogP contribution in [0.5, 0.6) is 0 Å². The molecular formula is C12H24N2O3. The third-order valence-corrected chi connectivity index (χ3v) is 2.44. The van der Waals surface area contributed by atoms with Gasteiger partial charge in [-0.05, 0) is 26.2 Å². The van der Waals surface area contributed by atoms with Gasteiger partial charge in [-0.1, -0.05) is 6.92 Å². The number of hydrogen-bond donors (Lipinski definition) is 1. The second kappa shape index (κ2) is 8.98. The van der Waals surface area contributed by atoms with Gasteiger partial charge in [0.1, 0.15) is 6.54 Å². The van der Waals surface area contributed by atoms with Crippen molar-refractivity contribution < 1.29 is 14.3 Å². The van der Waals surface area contributed by atoms with Gasteiger partial charge < -0.3 is 15.4 Å². The molecular weight excluding hydrogens is 220 g/mol. The molecule has 0 aliphatic rings. The summed E-state index contributed by atoms with van der Waals surface area (Å²) in [6.07, 6.45) is 2.86. The van der Waals surface area contributed by atoms with Crippen LogP contribution in [0.15, 0.2) is 0 Å². The van der Waals surface area contributed by atoms with Crippen LogP contribution in [0.4, 0.5) is 0 Å². The molecule has 100 valence electrons. The smallest absolute Gasteiger partial charge is 0.325 e. The minimum atomic E-state index is -0.376. The van der Waals surface area contributed by atoms with Crippen molar-refractivity contribution in [3.05, 3.63) is 0 Å². The highest BCUT2D eigenvalue weighted by atomic mass is 16.5. The monoisotopic (exact) mass is 244 g/mol. The summed E-state index contributed by atoms with van der Waals surface area (Å²) >= 11 is 0. The van der Waals surface area contributed by atoms with E-state index < -0.39 is 0 Å². The van der Waals surface area contributed by atoms with Gasteiger partial charge in [0.15, 0.2) is 0 Å². The average molecular weight is 244 g/mol. The van der Waals surface area contributed by atoms with Gasteiger partial charge in [0, 0.05) is 19.0 Å². The van der Waals surface area contributed by atoms with E-state index in [9.17, 15) is 9.59 Å². The number of ether oxygens (including phenoxy) is 1. The first-order valence-corrected chi connectivity index (χ1v) is 6.11. The van der Waals surface area contributed by atoms with Gasteiger partial charge in [0.25, 0.3) is 0 Å². The Balaban J connectivity index is 4.10. The first kappa shape index (κ1) is 15.9. The molecule has 5 heteroatoms. The predicted molar refractivity (Wildman–Crippen MR) is 66.4 cm³/mol. The molecule has 1 atom stereocenters. The van der Waals surface area contributed by atoms with Crippen molar-refractivity contribution in [3.8, 4) is 0 Å². The van der Waals surface area contributed by atoms with E-state index in [0.717, 1.165) is 19.3 Å². The maximum absolute atomic E-state index is 11.8. The second-order valence-corrected chi connectivity index (χ2v) is 4.26. The fourth-order valence-corrected chi connectivity index (χ4v) is 1.52. The molecule has 2 N–H and O–H groups in total. The van der Waals surface area contributed by atoms with Gasteiger partial charge in [-0.15, -0.1) is 0 Å². The summed E-state index contributed by atoms with van der Waals surface area (Å²) in [7, 11) is 1.33. The molecule has 0 aromatic heterocycles. The number of esters is 1. The minimum Gasteiger partial charge on any atom is -0.468 e. The summed E-state index contributed by atoms with van der Waals surface area (Å²) in [5.41, 5.74) is 5.62. The van der Waals surface area contributed by atoms with Crippen LogP contribution in [0, 0.1) is 0 Å². The molecule has 0 aliphatic carbocycles. The zero-order valence-corrected chi connectivity index (χ0v) is 11.1. The number of carbonyl (C=O) groups excluding carboxylic acids is 2. The van der Waals surface area contributed by atoms with E-state index in [1.54, 1.807) is 4.90 Å². The van der Waals surface area contributed by atoms with Gasteiger partial charge >= 0.3 is 5.97 Å². The second-order valence-electron chi connectivity index (χ2n) is 4.26. The lowest BCUT2D eigenvalue weighted by Crippen LogP contribution is -2.36. The Labute approximate surface area is 103 Å². The normalized spacial score (nSPS) is 12.0. The van der Waals surface area contributed by atoms with Crippen molar-refractivity contribution in [2.24, 2.45) is 5.73 Å². The maximum atomic E-state index is 11.8. The van der Waals surface area contributed by atoms with Gasteiger partial charge in [-0.2, -0.15) is 0 Å². The number of nitrogens with zero attached hydrogens (tertiary/aromatic N) is 1. The first-order valence-electron chi connectivity index (χ1n) is 6.11. The topological polar surface area (TPSA) is 72.6 Å². The van der Waals surface area contributed by atoms with Crippen molar-refractivity contribution in [1.82, 2.24) is 4.90 Å².